The zero-order valence-electron chi connectivity index (χ0n) is 7.34. The first kappa shape index (κ1) is 7.56. The molecule has 0 aromatic carbocycles. The molecule has 0 amide bonds. The number of hydrogen-bond donors (Lipinski definition) is 1. The van der Waals surface area contributed by atoms with Gasteiger partial charge >= 0.3 is 0 Å². The van der Waals surface area contributed by atoms with Gasteiger partial charge < -0.3 is 0 Å². The van der Waals surface area contributed by atoms with Crippen LogP contribution in [0.5, 0.6) is 0 Å². The average molecular weight is 154 g/mol. The first-order valence-electron chi connectivity index (χ1n) is 4.86. The number of hydrogen-bond acceptors (Lipinski definition) is 2. The minimum Gasteiger partial charge on any atom is -0.251 e. The molecule has 0 saturated carbocycles. The molecule has 2 nitrogen and oxygen atoms in total. The lowest BCUT2D eigenvalue weighted by atomic mass is 9.96. The topological polar surface area (TPSA) is 15.3 Å². The molecule has 3 aliphatic heterocycles. The van der Waals surface area contributed by atoms with Crippen molar-refractivity contribution in [3.05, 3.63) is 0 Å². The van der Waals surface area contributed by atoms with Crippen molar-refractivity contribution in [3.63, 3.8) is 0 Å². The molecule has 0 spiro atoms. The zero-order valence-corrected chi connectivity index (χ0v) is 7.34. The Morgan fingerprint density at radius 1 is 1.36 bits per heavy atom. The Balaban J connectivity index is 1.86. The van der Waals surface area contributed by atoms with Gasteiger partial charge in [-0.05, 0) is 18.8 Å². The van der Waals surface area contributed by atoms with E-state index in [-0.39, 0.29) is 0 Å². The van der Waals surface area contributed by atoms with Crippen molar-refractivity contribution >= 4 is 0 Å². The van der Waals surface area contributed by atoms with Crippen LogP contribution >= 0.6 is 0 Å². The molecule has 2 heteroatoms. The van der Waals surface area contributed by atoms with Gasteiger partial charge in [-0.15, -0.1) is 0 Å². The number of nitrogens with one attached hydrogen (secondary N) is 1. The molecule has 64 valence electrons. The highest BCUT2D eigenvalue weighted by atomic mass is 15.6. The van der Waals surface area contributed by atoms with Crippen LogP contribution in [-0.4, -0.2) is 24.1 Å². The highest BCUT2D eigenvalue weighted by Gasteiger charge is 2.27. The summed E-state index contributed by atoms with van der Waals surface area (Å²) in [5.41, 5.74) is 3.49. The van der Waals surface area contributed by atoms with Gasteiger partial charge in [0.05, 0.1) is 0 Å². The lowest BCUT2D eigenvalue weighted by Crippen LogP contribution is -2.61. The van der Waals surface area contributed by atoms with Crippen LogP contribution in [0.3, 0.4) is 0 Å². The Morgan fingerprint density at radius 3 is 3.00 bits per heavy atom. The van der Waals surface area contributed by atoms with Crippen molar-refractivity contribution in [1.29, 1.82) is 0 Å². The molecule has 3 unspecified atom stereocenters. The Labute approximate surface area is 68.9 Å². The first-order chi connectivity index (χ1) is 5.34. The fourth-order valence-electron chi connectivity index (χ4n) is 2.19. The van der Waals surface area contributed by atoms with Gasteiger partial charge in [0.2, 0.25) is 0 Å². The van der Waals surface area contributed by atoms with Crippen LogP contribution in [0.4, 0.5) is 0 Å². The Kier molecular flexibility index (Phi) is 2.14. The van der Waals surface area contributed by atoms with Gasteiger partial charge in [-0.2, -0.15) is 0 Å². The van der Waals surface area contributed by atoms with Crippen LogP contribution in [0.25, 0.3) is 0 Å². The lowest BCUT2D eigenvalue weighted by Gasteiger charge is -2.40. The van der Waals surface area contributed by atoms with Gasteiger partial charge in [-0.25, -0.2) is 5.01 Å². The van der Waals surface area contributed by atoms with Crippen LogP contribution in [0.1, 0.15) is 32.6 Å². The van der Waals surface area contributed by atoms with Crippen LogP contribution in [-0.2, 0) is 0 Å². The fraction of sp³-hybridized carbons (Fsp3) is 1.00. The second-order valence-corrected chi connectivity index (χ2v) is 4.11. The smallest absolute Gasteiger partial charge is 0.0359 e. The van der Waals surface area contributed by atoms with E-state index in [9.17, 15) is 0 Å². The predicted octanol–water partition coefficient (Wildman–Crippen LogP) is 1.39. The fourth-order valence-corrected chi connectivity index (χ4v) is 2.19. The molecule has 3 saturated heterocycles. The van der Waals surface area contributed by atoms with Crippen molar-refractivity contribution < 1.29 is 0 Å². The van der Waals surface area contributed by atoms with Gasteiger partial charge in [0, 0.05) is 19.1 Å². The summed E-state index contributed by atoms with van der Waals surface area (Å²) in [6.07, 6.45) is 5.62. The second-order valence-electron chi connectivity index (χ2n) is 4.11. The summed E-state index contributed by atoms with van der Waals surface area (Å²) in [6.45, 7) is 4.95. The highest BCUT2D eigenvalue weighted by molar-refractivity contribution is 4.81. The maximum absolute atomic E-state index is 3.49. The third-order valence-corrected chi connectivity index (χ3v) is 2.87. The van der Waals surface area contributed by atoms with E-state index < -0.39 is 0 Å². The maximum atomic E-state index is 3.49. The zero-order chi connectivity index (χ0) is 7.68. The molecule has 3 heterocycles. The largest absolute Gasteiger partial charge is 0.251 e. The maximum Gasteiger partial charge on any atom is 0.0359 e. The van der Waals surface area contributed by atoms with E-state index >= 15 is 0 Å². The van der Waals surface area contributed by atoms with E-state index in [0.29, 0.717) is 0 Å². The van der Waals surface area contributed by atoms with Crippen molar-refractivity contribution in [1.82, 2.24) is 10.4 Å². The molecular weight excluding hydrogens is 136 g/mol. The van der Waals surface area contributed by atoms with E-state index in [4.69, 9.17) is 0 Å². The van der Waals surface area contributed by atoms with Crippen molar-refractivity contribution in [2.75, 3.05) is 13.1 Å². The quantitative estimate of drug-likeness (QED) is 0.567. The summed E-state index contributed by atoms with van der Waals surface area (Å²) in [6, 6.07) is 0.808. The second kappa shape index (κ2) is 3.11. The summed E-state index contributed by atoms with van der Waals surface area (Å²) in [5, 5.41) is 2.36. The molecular formula is C9H18N2. The Morgan fingerprint density at radius 2 is 2.18 bits per heavy atom. The normalized spacial score (nSPS) is 45.0. The van der Waals surface area contributed by atoms with Crippen molar-refractivity contribution in [2.24, 2.45) is 5.92 Å². The van der Waals surface area contributed by atoms with Gasteiger partial charge in [0.25, 0.3) is 0 Å². The summed E-state index contributed by atoms with van der Waals surface area (Å²) in [7, 11) is 0. The predicted molar refractivity (Wildman–Crippen MR) is 46.1 cm³/mol. The molecule has 0 aromatic heterocycles. The summed E-state index contributed by atoms with van der Waals surface area (Å²) >= 11 is 0. The molecule has 3 atom stereocenters. The highest BCUT2D eigenvalue weighted by Crippen LogP contribution is 2.21. The molecule has 3 fully saturated rings. The lowest BCUT2D eigenvalue weighted by molar-refractivity contribution is 0.0363. The van der Waals surface area contributed by atoms with Crippen LogP contribution in [0.2, 0.25) is 0 Å². The molecule has 1 N–H and O–H groups in total. The SMILES string of the molecule is CC1CCCCN2CC(C1)N2. The third kappa shape index (κ3) is 1.74. The summed E-state index contributed by atoms with van der Waals surface area (Å²) in [5.74, 6) is 0.938. The van der Waals surface area contributed by atoms with E-state index in [1.807, 2.05) is 0 Å². The van der Waals surface area contributed by atoms with E-state index in [2.05, 4.69) is 17.4 Å². The number of rotatable bonds is 0. The van der Waals surface area contributed by atoms with Gasteiger partial charge in [-0.1, -0.05) is 19.8 Å². The Bertz CT molecular complexity index is 127. The van der Waals surface area contributed by atoms with Gasteiger partial charge in [0.15, 0.2) is 0 Å². The van der Waals surface area contributed by atoms with Gasteiger partial charge in [0.1, 0.15) is 0 Å². The standard InChI is InChI=1S/C9H18N2/c1-8-4-2-3-5-11-7-9(6-8)10-11/h8-10H,2-7H2,1H3. The molecule has 11 heavy (non-hydrogen) atoms. The number of fused-ring (bicyclic) bond motifs is 5. The number of nitrogens with zero attached hydrogens (tertiary/aromatic N) is 1. The van der Waals surface area contributed by atoms with E-state index in [1.54, 1.807) is 0 Å². The van der Waals surface area contributed by atoms with Crippen LogP contribution in [0.15, 0.2) is 0 Å². The minimum atomic E-state index is 0.808. The summed E-state index contributed by atoms with van der Waals surface area (Å²) < 4.78 is 0. The molecule has 0 radical (unpaired) electrons. The number of hydrazine groups is 1. The molecule has 0 aromatic rings. The molecule has 3 aliphatic rings. The molecule has 3 rings (SSSR count). The monoisotopic (exact) mass is 154 g/mol. The molecule has 0 aliphatic carbocycles. The van der Waals surface area contributed by atoms with E-state index in [0.717, 1.165) is 12.0 Å². The van der Waals surface area contributed by atoms with Crippen molar-refractivity contribution in [2.45, 2.75) is 38.6 Å². The Hall–Kier alpha value is -0.0800. The molecule has 2 bridgehead atoms. The van der Waals surface area contributed by atoms with Crippen molar-refractivity contribution in [3.8, 4) is 0 Å². The minimum absolute atomic E-state index is 0.808. The first-order valence-corrected chi connectivity index (χ1v) is 4.86. The summed E-state index contributed by atoms with van der Waals surface area (Å²) in [4.78, 5) is 0. The van der Waals surface area contributed by atoms with Crippen LogP contribution < -0.4 is 5.43 Å². The average Bonchev–Trinajstić information content (AvgIpc) is 2.01. The van der Waals surface area contributed by atoms with Crippen LogP contribution in [0, 0.1) is 5.92 Å². The van der Waals surface area contributed by atoms with Gasteiger partial charge in [-0.3, -0.25) is 5.43 Å². The van der Waals surface area contributed by atoms with E-state index in [1.165, 1.54) is 38.8 Å². The third-order valence-electron chi connectivity index (χ3n) is 2.87.